The standard InChI is InChI=1S/C26H22N2O6S.Na/c1-32-21-12-15(13-22(33-2)25(21)34-3)11-18(24(29)16-7-5-4-6-8-16)23(26(30)31)17-9-10-19-20(14-17)28-35-27-19;/h4-10,12-14H,11H2,1-3H3,(H,30,31);/q;+1/p-1/b23-18+;. The first-order valence-corrected chi connectivity index (χ1v) is 11.3. The van der Waals surface area contributed by atoms with Gasteiger partial charge in [0.1, 0.15) is 11.0 Å². The van der Waals surface area contributed by atoms with Gasteiger partial charge in [0.05, 0.1) is 39.0 Å². The number of carboxylic acid groups (broad SMARTS) is 1. The number of ether oxygens (including phenoxy) is 3. The Morgan fingerprint density at radius 2 is 1.47 bits per heavy atom. The van der Waals surface area contributed by atoms with Crippen molar-refractivity contribution < 1.29 is 58.5 Å². The summed E-state index contributed by atoms with van der Waals surface area (Å²) in [6, 6.07) is 16.7. The molecule has 0 amide bonds. The van der Waals surface area contributed by atoms with Crippen LogP contribution in [0.5, 0.6) is 17.2 Å². The number of nitrogens with zero attached hydrogens (tertiary/aromatic N) is 2. The zero-order chi connectivity index (χ0) is 24.9. The molecule has 36 heavy (non-hydrogen) atoms. The largest absolute Gasteiger partial charge is 1.00 e. The molecule has 4 aromatic rings. The van der Waals surface area contributed by atoms with E-state index in [2.05, 4.69) is 8.75 Å². The predicted molar refractivity (Wildman–Crippen MR) is 130 cm³/mol. The first-order valence-electron chi connectivity index (χ1n) is 10.5. The van der Waals surface area contributed by atoms with Crippen molar-refractivity contribution >= 4 is 40.1 Å². The molecule has 8 nitrogen and oxygen atoms in total. The number of Topliss-reactive ketones (excluding diaryl/α,β-unsaturated/α-hetero) is 1. The average molecular weight is 513 g/mol. The van der Waals surface area contributed by atoms with Gasteiger partial charge in [0.15, 0.2) is 17.3 Å². The summed E-state index contributed by atoms with van der Waals surface area (Å²) >= 11 is 1.02. The van der Waals surface area contributed by atoms with E-state index in [0.717, 1.165) is 11.7 Å². The van der Waals surface area contributed by atoms with Crippen molar-refractivity contribution in [2.45, 2.75) is 6.42 Å². The zero-order valence-corrected chi connectivity index (χ0v) is 23.0. The molecule has 0 atom stereocenters. The molecular weight excluding hydrogens is 491 g/mol. The molecule has 4 rings (SSSR count). The number of aromatic nitrogens is 2. The minimum atomic E-state index is -1.47. The molecule has 0 aliphatic rings. The Balaban J connectivity index is 0.00000361. The van der Waals surface area contributed by atoms with E-state index in [1.807, 2.05) is 0 Å². The topological polar surface area (TPSA) is 111 Å². The van der Waals surface area contributed by atoms with E-state index in [9.17, 15) is 14.7 Å². The number of methoxy groups -OCH3 is 3. The van der Waals surface area contributed by atoms with Crippen LogP contribution in [0.4, 0.5) is 0 Å². The Kier molecular flexibility index (Phi) is 9.22. The molecule has 0 N–H and O–H groups in total. The van der Waals surface area contributed by atoms with Gasteiger partial charge in [-0.05, 0) is 35.4 Å². The summed E-state index contributed by atoms with van der Waals surface area (Å²) in [6.07, 6.45) is -0.0267. The monoisotopic (exact) mass is 512 g/mol. The Labute approximate surface area is 234 Å². The van der Waals surface area contributed by atoms with Gasteiger partial charge in [-0.25, -0.2) is 0 Å². The zero-order valence-electron chi connectivity index (χ0n) is 20.2. The molecule has 1 heterocycles. The minimum Gasteiger partial charge on any atom is -0.545 e. The smallest absolute Gasteiger partial charge is 0.545 e. The SMILES string of the molecule is COc1cc(C/C(C(=O)c2ccccc2)=C(\C(=O)[O-])c2ccc3nsnc3c2)cc(OC)c1OC.[Na+]. The Morgan fingerprint density at radius 3 is 2.06 bits per heavy atom. The average Bonchev–Trinajstić information content (AvgIpc) is 3.35. The number of rotatable bonds is 9. The number of allylic oxidation sites excluding steroid dienone is 1. The van der Waals surface area contributed by atoms with Gasteiger partial charge in [0.2, 0.25) is 5.75 Å². The Bertz CT molecular complexity index is 1410. The van der Waals surface area contributed by atoms with Crippen LogP contribution in [0, 0.1) is 0 Å². The van der Waals surface area contributed by atoms with E-state index in [1.54, 1.807) is 60.7 Å². The van der Waals surface area contributed by atoms with Gasteiger partial charge in [-0.2, -0.15) is 8.75 Å². The number of hydrogen-bond acceptors (Lipinski definition) is 9. The van der Waals surface area contributed by atoms with Gasteiger partial charge in [0.25, 0.3) is 0 Å². The molecule has 0 saturated heterocycles. The van der Waals surface area contributed by atoms with Gasteiger partial charge in [0, 0.05) is 23.1 Å². The molecule has 0 spiro atoms. The molecular formula is C26H21N2NaO6S. The summed E-state index contributed by atoms with van der Waals surface area (Å²) in [5.41, 5.74) is 2.24. The molecule has 0 aliphatic heterocycles. The van der Waals surface area contributed by atoms with Crippen molar-refractivity contribution in [3.05, 3.63) is 82.9 Å². The quantitative estimate of drug-likeness (QED) is 0.180. The Morgan fingerprint density at radius 1 is 0.833 bits per heavy atom. The van der Waals surface area contributed by atoms with Crippen molar-refractivity contribution in [2.75, 3.05) is 21.3 Å². The third-order valence-corrected chi connectivity index (χ3v) is 6.02. The first-order chi connectivity index (χ1) is 17.0. The molecule has 1 aromatic heterocycles. The van der Waals surface area contributed by atoms with E-state index in [4.69, 9.17) is 14.2 Å². The maximum atomic E-state index is 13.7. The maximum Gasteiger partial charge on any atom is 1.00 e. The minimum absolute atomic E-state index is 0. The van der Waals surface area contributed by atoms with E-state index < -0.39 is 11.8 Å². The molecule has 0 aliphatic carbocycles. The molecule has 3 aromatic carbocycles. The summed E-state index contributed by atoms with van der Waals surface area (Å²) in [6.45, 7) is 0. The second kappa shape index (κ2) is 12.1. The van der Waals surface area contributed by atoms with Crippen LogP contribution >= 0.6 is 11.7 Å². The van der Waals surface area contributed by atoms with Crippen LogP contribution in [0.25, 0.3) is 16.6 Å². The fraction of sp³-hybridized carbons (Fsp3) is 0.154. The summed E-state index contributed by atoms with van der Waals surface area (Å²) in [5, 5.41) is 12.5. The van der Waals surface area contributed by atoms with Crippen LogP contribution < -0.4 is 48.9 Å². The van der Waals surface area contributed by atoms with Crippen LogP contribution in [0.1, 0.15) is 21.5 Å². The first kappa shape index (κ1) is 27.3. The fourth-order valence-electron chi connectivity index (χ4n) is 3.84. The molecule has 0 unspecified atom stereocenters. The number of carbonyl (C=O) groups excluding carboxylic acids is 2. The number of benzene rings is 3. The van der Waals surface area contributed by atoms with Crippen molar-refractivity contribution in [2.24, 2.45) is 0 Å². The van der Waals surface area contributed by atoms with Gasteiger partial charge >= 0.3 is 29.6 Å². The summed E-state index contributed by atoms with van der Waals surface area (Å²) < 4.78 is 24.6. The van der Waals surface area contributed by atoms with E-state index >= 15 is 0 Å². The molecule has 10 heteroatoms. The van der Waals surface area contributed by atoms with Crippen LogP contribution in [-0.2, 0) is 11.2 Å². The fourth-order valence-corrected chi connectivity index (χ4v) is 4.36. The van der Waals surface area contributed by atoms with Crippen molar-refractivity contribution in [3.63, 3.8) is 0 Å². The van der Waals surface area contributed by atoms with Crippen LogP contribution in [0.15, 0.2) is 66.2 Å². The second-order valence-electron chi connectivity index (χ2n) is 7.51. The number of fused-ring (bicyclic) bond motifs is 1. The summed E-state index contributed by atoms with van der Waals surface area (Å²) in [5.74, 6) is -0.744. The third-order valence-electron chi connectivity index (χ3n) is 5.46. The molecule has 0 bridgehead atoms. The third kappa shape index (κ3) is 5.60. The van der Waals surface area contributed by atoms with Gasteiger partial charge in [-0.1, -0.05) is 36.4 Å². The van der Waals surface area contributed by atoms with E-state index in [0.29, 0.717) is 45.0 Å². The summed E-state index contributed by atoms with van der Waals surface area (Å²) in [7, 11) is 4.45. The maximum absolute atomic E-state index is 13.7. The molecule has 0 saturated carbocycles. The van der Waals surface area contributed by atoms with Crippen LogP contribution in [-0.4, -0.2) is 41.8 Å². The number of aliphatic carboxylic acids is 1. The Hall–Kier alpha value is -3.24. The number of carbonyl (C=O) groups is 2. The van der Waals surface area contributed by atoms with E-state index in [1.165, 1.54) is 21.3 Å². The number of hydrogen-bond donors (Lipinski definition) is 0. The van der Waals surface area contributed by atoms with Crippen molar-refractivity contribution in [1.29, 1.82) is 0 Å². The van der Waals surface area contributed by atoms with Gasteiger partial charge in [-0.3, -0.25) is 4.79 Å². The van der Waals surface area contributed by atoms with Crippen LogP contribution in [0.2, 0.25) is 0 Å². The normalized spacial score (nSPS) is 11.3. The second-order valence-corrected chi connectivity index (χ2v) is 8.04. The van der Waals surface area contributed by atoms with Gasteiger partial charge in [-0.15, -0.1) is 0 Å². The number of ketones is 1. The van der Waals surface area contributed by atoms with Gasteiger partial charge < -0.3 is 24.1 Å². The summed E-state index contributed by atoms with van der Waals surface area (Å²) in [4.78, 5) is 26.1. The molecule has 0 fully saturated rings. The van der Waals surface area contributed by atoms with Crippen LogP contribution in [0.3, 0.4) is 0 Å². The molecule has 178 valence electrons. The van der Waals surface area contributed by atoms with Crippen molar-refractivity contribution in [3.8, 4) is 17.2 Å². The van der Waals surface area contributed by atoms with E-state index in [-0.39, 0.29) is 47.1 Å². The molecule has 0 radical (unpaired) electrons. The van der Waals surface area contributed by atoms with Crippen molar-refractivity contribution in [1.82, 2.24) is 8.75 Å². The number of carboxylic acids is 1. The predicted octanol–water partition coefficient (Wildman–Crippen LogP) is 0.350.